The summed E-state index contributed by atoms with van der Waals surface area (Å²) in [4.78, 5) is 11.3. The highest BCUT2D eigenvalue weighted by Crippen LogP contribution is 2.32. The lowest BCUT2D eigenvalue weighted by atomic mass is 9.93. The summed E-state index contributed by atoms with van der Waals surface area (Å²) >= 11 is 0. The maximum absolute atomic E-state index is 13.7. The van der Waals surface area contributed by atoms with Gasteiger partial charge in [0, 0.05) is 32.1 Å². The third-order valence-corrected chi connectivity index (χ3v) is 5.74. The molecule has 5 nitrogen and oxygen atoms in total. The Bertz CT molecular complexity index is 512. The van der Waals surface area contributed by atoms with E-state index in [-0.39, 0.29) is 6.17 Å². The summed E-state index contributed by atoms with van der Waals surface area (Å²) < 4.78 is 27.4. The highest BCUT2D eigenvalue weighted by Gasteiger charge is 2.39. The van der Waals surface area contributed by atoms with Crippen LogP contribution in [-0.2, 0) is 0 Å². The minimum Gasteiger partial charge on any atom is -0.394 e. The van der Waals surface area contributed by atoms with Crippen molar-refractivity contribution in [3.63, 3.8) is 0 Å². The van der Waals surface area contributed by atoms with E-state index >= 15 is 0 Å². The van der Waals surface area contributed by atoms with Gasteiger partial charge in [0.05, 0.1) is 6.67 Å². The smallest absolute Gasteiger partial charge is 0.245 e. The van der Waals surface area contributed by atoms with E-state index in [1.54, 1.807) is 13.2 Å². The first-order valence-corrected chi connectivity index (χ1v) is 9.74. The number of alkyl halides is 2. The van der Waals surface area contributed by atoms with Crippen LogP contribution in [-0.4, -0.2) is 73.1 Å². The van der Waals surface area contributed by atoms with E-state index < -0.39 is 12.3 Å². The molecule has 4 atom stereocenters. The summed E-state index contributed by atoms with van der Waals surface area (Å²) in [5.74, 6) is 0.159. The number of halogens is 2. The second kappa shape index (κ2) is 9.02. The Labute approximate surface area is 157 Å². The van der Waals surface area contributed by atoms with Gasteiger partial charge in [0.1, 0.15) is 6.17 Å². The van der Waals surface area contributed by atoms with Gasteiger partial charge in [-0.05, 0) is 58.4 Å². The van der Waals surface area contributed by atoms with Crippen molar-refractivity contribution in [1.29, 1.82) is 0 Å². The first kappa shape index (κ1) is 20.9. The average molecular weight is 372 g/mol. The second-order valence-electron chi connectivity index (χ2n) is 7.66. The zero-order chi connectivity index (χ0) is 19.4. The van der Waals surface area contributed by atoms with Crippen LogP contribution in [0.15, 0.2) is 16.8 Å². The van der Waals surface area contributed by atoms with E-state index in [4.69, 9.17) is 4.99 Å². The van der Waals surface area contributed by atoms with Crippen LogP contribution in [0.2, 0.25) is 0 Å². The van der Waals surface area contributed by atoms with E-state index in [0.29, 0.717) is 25.2 Å². The van der Waals surface area contributed by atoms with Gasteiger partial charge in [-0.2, -0.15) is 0 Å². The fourth-order valence-corrected chi connectivity index (χ4v) is 4.43. The molecule has 2 aliphatic rings. The maximum Gasteiger partial charge on any atom is 0.245 e. The van der Waals surface area contributed by atoms with Crippen molar-refractivity contribution in [2.75, 3.05) is 27.8 Å². The number of likely N-dealkylation sites (tertiary alicyclic amines) is 1. The lowest BCUT2D eigenvalue weighted by Gasteiger charge is -2.50. The van der Waals surface area contributed by atoms with E-state index in [2.05, 4.69) is 29.0 Å². The highest BCUT2D eigenvalue weighted by atomic mass is 19.3. The van der Waals surface area contributed by atoms with Gasteiger partial charge in [-0.15, -0.1) is 0 Å². The largest absolute Gasteiger partial charge is 0.394 e. The van der Waals surface area contributed by atoms with Crippen LogP contribution in [0.3, 0.4) is 0 Å². The molecule has 0 aromatic carbocycles. The highest BCUT2D eigenvalue weighted by molar-refractivity contribution is 5.82. The minimum absolute atomic E-state index is 0.227. The lowest BCUT2D eigenvalue weighted by molar-refractivity contribution is 0.0568. The molecule has 0 aromatic rings. The molecule has 0 spiro atoms. The van der Waals surface area contributed by atoms with Gasteiger partial charge >= 0.3 is 0 Å². The number of hydrogen-bond donors (Lipinski definition) is 1. The van der Waals surface area contributed by atoms with E-state index in [9.17, 15) is 8.78 Å². The molecule has 2 aliphatic heterocycles. The Balaban J connectivity index is 2.36. The van der Waals surface area contributed by atoms with Gasteiger partial charge in [-0.3, -0.25) is 4.90 Å². The third kappa shape index (κ3) is 4.13. The molecule has 2 rings (SSSR count). The topological polar surface area (TPSA) is 34.1 Å². The molecule has 0 bridgehead atoms. The number of rotatable bonds is 5. The van der Waals surface area contributed by atoms with E-state index in [0.717, 1.165) is 24.4 Å². The number of piperidine rings is 1. The summed E-state index contributed by atoms with van der Waals surface area (Å²) in [6.45, 7) is 6.81. The number of hydrogen-bond acceptors (Lipinski definition) is 5. The van der Waals surface area contributed by atoms with Crippen LogP contribution in [0.4, 0.5) is 8.78 Å². The van der Waals surface area contributed by atoms with Crippen LogP contribution in [0, 0.1) is 5.92 Å². The van der Waals surface area contributed by atoms with Gasteiger partial charge in [-0.1, -0.05) is 6.92 Å². The minimum atomic E-state index is -2.38. The lowest BCUT2D eigenvalue weighted by Crippen LogP contribution is -2.61. The maximum atomic E-state index is 13.7. The number of aliphatic imine (C=N–C) groups is 1. The van der Waals surface area contributed by atoms with Crippen LogP contribution in [0.5, 0.6) is 0 Å². The predicted octanol–water partition coefficient (Wildman–Crippen LogP) is 3.16. The number of likely N-dealkylation sites (N-methyl/N-ethyl adjacent to an activating group) is 2. The SMILES string of the molecule is CC[C@H](/C(=C\NC)C1N(C)CN=C(N2[C@H](C)CCC[C@H]2C)N1C)C(F)F. The number of guanidine groups is 1. The Kier molecular flexibility index (Phi) is 7.26. The molecule has 150 valence electrons. The molecule has 0 aliphatic carbocycles. The predicted molar refractivity (Wildman–Crippen MR) is 103 cm³/mol. The molecule has 2 heterocycles. The van der Waals surface area contributed by atoms with Gasteiger partial charge in [0.25, 0.3) is 0 Å². The molecule has 1 saturated heterocycles. The summed E-state index contributed by atoms with van der Waals surface area (Å²) in [6.07, 6.45) is 3.08. The van der Waals surface area contributed by atoms with Crippen molar-refractivity contribution in [2.24, 2.45) is 10.9 Å². The third-order valence-electron chi connectivity index (χ3n) is 5.74. The van der Waals surface area contributed by atoms with Crippen LogP contribution >= 0.6 is 0 Å². The number of nitrogens with zero attached hydrogens (tertiary/aromatic N) is 4. The average Bonchev–Trinajstić information content (AvgIpc) is 2.57. The standard InChI is InChI=1S/C19H35F2N5/c1-7-15(17(20)21)16(11-22-4)18-24(5)12-23-19(25(18)6)26-13(2)9-8-10-14(26)3/h11,13-15,17-18,22H,7-10,12H2,1-6H3/b16-11+/t13-,14-,15-,18?/m1/s1. The van der Waals surface area contributed by atoms with Crippen molar-refractivity contribution in [2.45, 2.75) is 71.1 Å². The van der Waals surface area contributed by atoms with Crippen molar-refractivity contribution in [3.05, 3.63) is 11.8 Å². The Morgan fingerprint density at radius 1 is 1.27 bits per heavy atom. The molecule has 0 aromatic heterocycles. The van der Waals surface area contributed by atoms with Gasteiger partial charge in [0.2, 0.25) is 6.43 Å². The zero-order valence-corrected chi connectivity index (χ0v) is 17.0. The quantitative estimate of drug-likeness (QED) is 0.805. The Morgan fingerprint density at radius 2 is 1.88 bits per heavy atom. The molecule has 0 saturated carbocycles. The first-order valence-electron chi connectivity index (χ1n) is 9.74. The molecule has 0 amide bonds. The van der Waals surface area contributed by atoms with Crippen LogP contribution in [0.25, 0.3) is 0 Å². The fourth-order valence-electron chi connectivity index (χ4n) is 4.43. The van der Waals surface area contributed by atoms with Crippen molar-refractivity contribution in [3.8, 4) is 0 Å². The Hall–Kier alpha value is -1.37. The molecule has 1 unspecified atom stereocenters. The molecule has 7 heteroatoms. The van der Waals surface area contributed by atoms with Crippen LogP contribution < -0.4 is 5.32 Å². The normalized spacial score (nSPS) is 29.8. The van der Waals surface area contributed by atoms with Crippen molar-refractivity contribution >= 4 is 5.96 Å². The summed E-state index contributed by atoms with van der Waals surface area (Å²) in [6, 6.07) is 0.829. The molecule has 26 heavy (non-hydrogen) atoms. The van der Waals surface area contributed by atoms with Gasteiger partial charge in [-0.25, -0.2) is 13.8 Å². The van der Waals surface area contributed by atoms with Gasteiger partial charge < -0.3 is 15.1 Å². The fraction of sp³-hybridized carbons (Fsp3) is 0.842. The molecular weight excluding hydrogens is 336 g/mol. The molecular formula is C19H35F2N5. The summed E-state index contributed by atoms with van der Waals surface area (Å²) in [5.41, 5.74) is 0.722. The summed E-state index contributed by atoms with van der Waals surface area (Å²) in [5, 5.41) is 2.99. The number of nitrogens with one attached hydrogen (secondary N) is 1. The van der Waals surface area contributed by atoms with E-state index in [1.165, 1.54) is 6.42 Å². The first-order chi connectivity index (χ1) is 12.3. The summed E-state index contributed by atoms with van der Waals surface area (Å²) in [7, 11) is 5.70. The van der Waals surface area contributed by atoms with Crippen molar-refractivity contribution in [1.82, 2.24) is 20.0 Å². The van der Waals surface area contributed by atoms with E-state index in [1.807, 2.05) is 25.9 Å². The monoisotopic (exact) mass is 371 g/mol. The Morgan fingerprint density at radius 3 is 2.38 bits per heavy atom. The van der Waals surface area contributed by atoms with Crippen LogP contribution in [0.1, 0.15) is 46.5 Å². The van der Waals surface area contributed by atoms with Gasteiger partial charge in [0.15, 0.2) is 5.96 Å². The second-order valence-corrected chi connectivity index (χ2v) is 7.66. The molecule has 1 N–H and O–H groups in total. The molecule has 0 radical (unpaired) electrons. The zero-order valence-electron chi connectivity index (χ0n) is 17.0. The van der Waals surface area contributed by atoms with Crippen molar-refractivity contribution < 1.29 is 8.78 Å². The molecule has 1 fully saturated rings.